The average molecular weight is 307 g/mol. The first kappa shape index (κ1) is 16.7. The smallest absolute Gasteiger partial charge is 0.125 e. The fourth-order valence-electron chi connectivity index (χ4n) is 2.59. The minimum atomic E-state index is -0.242. The van der Waals surface area contributed by atoms with E-state index < -0.39 is 0 Å². The molecule has 1 aliphatic heterocycles. The molecule has 2 nitrogen and oxygen atoms in total. The molecule has 0 aromatic heterocycles. The summed E-state index contributed by atoms with van der Waals surface area (Å²) in [7, 11) is 0. The van der Waals surface area contributed by atoms with Crippen LogP contribution in [0.5, 0.6) is 0 Å². The van der Waals surface area contributed by atoms with Gasteiger partial charge in [0.1, 0.15) is 5.82 Å². The average Bonchev–Trinajstić information content (AvgIpc) is 2.36. The van der Waals surface area contributed by atoms with Crippen LogP contribution in [0.1, 0.15) is 31.4 Å². The summed E-state index contributed by atoms with van der Waals surface area (Å²) in [5, 5.41) is 3.83. The predicted octanol–water partition coefficient (Wildman–Crippen LogP) is 3.65. The molecule has 1 aliphatic rings. The van der Waals surface area contributed by atoms with E-state index in [0.717, 1.165) is 44.6 Å². The van der Waals surface area contributed by atoms with Crippen molar-refractivity contribution in [3.8, 4) is 0 Å². The largest absolute Gasteiger partial charge is 0.314 e. The molecule has 108 valence electrons. The van der Waals surface area contributed by atoms with Crippen LogP contribution in [-0.4, -0.2) is 31.1 Å². The zero-order valence-electron chi connectivity index (χ0n) is 11.2. The van der Waals surface area contributed by atoms with Crippen LogP contribution in [-0.2, 0) is 0 Å². The summed E-state index contributed by atoms with van der Waals surface area (Å²) >= 11 is 5.96. The molecule has 1 atom stereocenters. The van der Waals surface area contributed by atoms with E-state index in [4.69, 9.17) is 11.6 Å². The molecule has 0 amide bonds. The Balaban J connectivity index is 0.00000180. The quantitative estimate of drug-likeness (QED) is 0.913. The second kappa shape index (κ2) is 8.05. The lowest BCUT2D eigenvalue weighted by molar-refractivity contribution is 0.164. The molecule has 1 fully saturated rings. The standard InChI is InChI=1S/C14H20ClFN2.ClH/c1-2-3-14(18-6-4-17-5-7-18)11-8-12(15)10-13(16)9-11;/h8-10,14,17H,2-7H2,1H3;1H/t14-;/m1./s1. The molecule has 19 heavy (non-hydrogen) atoms. The third kappa shape index (κ3) is 4.60. The van der Waals surface area contributed by atoms with Crippen LogP contribution in [0.4, 0.5) is 4.39 Å². The van der Waals surface area contributed by atoms with Gasteiger partial charge in [-0.25, -0.2) is 4.39 Å². The van der Waals surface area contributed by atoms with Crippen molar-refractivity contribution in [2.75, 3.05) is 26.2 Å². The van der Waals surface area contributed by atoms with Gasteiger partial charge in [0.25, 0.3) is 0 Å². The Morgan fingerprint density at radius 2 is 2.00 bits per heavy atom. The Morgan fingerprint density at radius 3 is 2.58 bits per heavy atom. The number of halogens is 3. The Bertz CT molecular complexity index is 375. The lowest BCUT2D eigenvalue weighted by Gasteiger charge is -2.35. The van der Waals surface area contributed by atoms with E-state index >= 15 is 0 Å². The van der Waals surface area contributed by atoms with Crippen molar-refractivity contribution in [3.63, 3.8) is 0 Å². The van der Waals surface area contributed by atoms with Crippen molar-refractivity contribution in [2.45, 2.75) is 25.8 Å². The molecule has 0 radical (unpaired) electrons. The maximum absolute atomic E-state index is 13.5. The fourth-order valence-corrected chi connectivity index (χ4v) is 2.83. The maximum Gasteiger partial charge on any atom is 0.125 e. The predicted molar refractivity (Wildman–Crippen MR) is 80.7 cm³/mol. The zero-order valence-corrected chi connectivity index (χ0v) is 12.7. The minimum absolute atomic E-state index is 0. The van der Waals surface area contributed by atoms with E-state index in [0.29, 0.717) is 5.02 Å². The van der Waals surface area contributed by atoms with Gasteiger partial charge >= 0.3 is 0 Å². The SMILES string of the molecule is CCC[C@H](c1cc(F)cc(Cl)c1)N1CCNCC1.Cl. The molecular formula is C14H21Cl2FN2. The second-order valence-corrected chi connectivity index (χ2v) is 5.23. The molecule has 0 bridgehead atoms. The number of nitrogens with one attached hydrogen (secondary N) is 1. The fraction of sp³-hybridized carbons (Fsp3) is 0.571. The first-order chi connectivity index (χ1) is 8.70. The van der Waals surface area contributed by atoms with Gasteiger partial charge < -0.3 is 5.32 Å². The number of rotatable bonds is 4. The van der Waals surface area contributed by atoms with E-state index in [1.165, 1.54) is 6.07 Å². The highest BCUT2D eigenvalue weighted by Gasteiger charge is 2.22. The number of benzene rings is 1. The van der Waals surface area contributed by atoms with Crippen LogP contribution in [0.15, 0.2) is 18.2 Å². The molecule has 0 aliphatic carbocycles. The van der Waals surface area contributed by atoms with Crippen LogP contribution < -0.4 is 5.32 Å². The molecule has 1 saturated heterocycles. The summed E-state index contributed by atoms with van der Waals surface area (Å²) in [5.41, 5.74) is 1.00. The molecular weight excluding hydrogens is 286 g/mol. The molecule has 0 saturated carbocycles. The van der Waals surface area contributed by atoms with Gasteiger partial charge in [-0.3, -0.25) is 4.90 Å². The van der Waals surface area contributed by atoms with Crippen LogP contribution in [0.25, 0.3) is 0 Å². The van der Waals surface area contributed by atoms with Crippen LogP contribution in [0, 0.1) is 5.82 Å². The van der Waals surface area contributed by atoms with Crippen molar-refractivity contribution < 1.29 is 4.39 Å². The second-order valence-electron chi connectivity index (χ2n) is 4.79. The van der Waals surface area contributed by atoms with E-state index in [1.54, 1.807) is 6.07 Å². The summed E-state index contributed by atoms with van der Waals surface area (Å²) in [5.74, 6) is -0.242. The molecule has 0 unspecified atom stereocenters. The van der Waals surface area contributed by atoms with Crippen LogP contribution in [0.2, 0.25) is 5.02 Å². The van der Waals surface area contributed by atoms with Gasteiger partial charge in [-0.2, -0.15) is 0 Å². The Hall–Kier alpha value is -0.350. The lowest BCUT2D eigenvalue weighted by Crippen LogP contribution is -2.45. The molecule has 1 aromatic carbocycles. The number of hydrogen-bond donors (Lipinski definition) is 1. The van der Waals surface area contributed by atoms with Gasteiger partial charge in [0.05, 0.1) is 0 Å². The van der Waals surface area contributed by atoms with Crippen molar-refractivity contribution in [2.24, 2.45) is 0 Å². The van der Waals surface area contributed by atoms with E-state index in [9.17, 15) is 4.39 Å². The van der Waals surface area contributed by atoms with Crippen molar-refractivity contribution in [3.05, 3.63) is 34.6 Å². The first-order valence-corrected chi connectivity index (χ1v) is 6.99. The third-order valence-electron chi connectivity index (χ3n) is 3.42. The minimum Gasteiger partial charge on any atom is -0.314 e. The van der Waals surface area contributed by atoms with Crippen LogP contribution >= 0.6 is 24.0 Å². The third-order valence-corrected chi connectivity index (χ3v) is 3.64. The Labute approximate surface area is 125 Å². The summed E-state index contributed by atoms with van der Waals surface area (Å²) in [4.78, 5) is 2.42. The van der Waals surface area contributed by atoms with Crippen LogP contribution in [0.3, 0.4) is 0 Å². The van der Waals surface area contributed by atoms with Crippen molar-refractivity contribution in [1.82, 2.24) is 10.2 Å². The molecule has 5 heteroatoms. The highest BCUT2D eigenvalue weighted by Crippen LogP contribution is 2.28. The lowest BCUT2D eigenvalue weighted by atomic mass is 10.00. The maximum atomic E-state index is 13.5. The monoisotopic (exact) mass is 306 g/mol. The topological polar surface area (TPSA) is 15.3 Å². The van der Waals surface area contributed by atoms with Gasteiger partial charge in [-0.1, -0.05) is 24.9 Å². The summed E-state index contributed by atoms with van der Waals surface area (Å²) in [6.45, 7) is 6.19. The van der Waals surface area contributed by atoms with E-state index in [1.807, 2.05) is 6.07 Å². The van der Waals surface area contributed by atoms with E-state index in [2.05, 4.69) is 17.1 Å². The van der Waals surface area contributed by atoms with Gasteiger partial charge in [0, 0.05) is 37.2 Å². The number of nitrogens with zero attached hydrogens (tertiary/aromatic N) is 1. The molecule has 1 heterocycles. The highest BCUT2D eigenvalue weighted by molar-refractivity contribution is 6.30. The molecule has 2 rings (SSSR count). The molecule has 1 aromatic rings. The normalized spacial score (nSPS) is 17.8. The zero-order chi connectivity index (χ0) is 13.0. The number of hydrogen-bond acceptors (Lipinski definition) is 2. The summed E-state index contributed by atoms with van der Waals surface area (Å²) in [6.07, 6.45) is 2.13. The van der Waals surface area contributed by atoms with Gasteiger partial charge in [-0.05, 0) is 30.2 Å². The molecule has 0 spiro atoms. The number of piperazine rings is 1. The van der Waals surface area contributed by atoms with Crippen molar-refractivity contribution in [1.29, 1.82) is 0 Å². The van der Waals surface area contributed by atoms with E-state index in [-0.39, 0.29) is 24.3 Å². The summed E-state index contributed by atoms with van der Waals surface area (Å²) < 4.78 is 13.5. The Morgan fingerprint density at radius 1 is 1.32 bits per heavy atom. The van der Waals surface area contributed by atoms with Crippen molar-refractivity contribution >= 4 is 24.0 Å². The van der Waals surface area contributed by atoms with Gasteiger partial charge in [-0.15, -0.1) is 12.4 Å². The summed E-state index contributed by atoms with van der Waals surface area (Å²) in [6, 6.07) is 5.16. The van der Waals surface area contributed by atoms with Gasteiger partial charge in [0.2, 0.25) is 0 Å². The Kier molecular flexibility index (Phi) is 7.08. The molecule has 1 N–H and O–H groups in total. The highest BCUT2D eigenvalue weighted by atomic mass is 35.5. The van der Waals surface area contributed by atoms with Gasteiger partial charge in [0.15, 0.2) is 0 Å². The first-order valence-electron chi connectivity index (χ1n) is 6.61.